The molecule has 6 nitrogen and oxygen atoms in total. The average Bonchev–Trinajstić information content (AvgIpc) is 3.25. The lowest BCUT2D eigenvalue weighted by atomic mass is 9.79. The zero-order valence-electron chi connectivity index (χ0n) is 19.2. The summed E-state index contributed by atoms with van der Waals surface area (Å²) in [4.78, 5) is 9.15. The van der Waals surface area contributed by atoms with Crippen molar-refractivity contribution in [3.8, 4) is 11.4 Å². The van der Waals surface area contributed by atoms with Gasteiger partial charge in [-0.1, -0.05) is 35.8 Å². The highest BCUT2D eigenvalue weighted by Gasteiger charge is 2.28. The topological polar surface area (TPSA) is 77.5 Å². The summed E-state index contributed by atoms with van der Waals surface area (Å²) in [6.07, 6.45) is 8.11. The molecule has 3 N–H and O–H groups in total. The number of imidazole rings is 1. The predicted octanol–water partition coefficient (Wildman–Crippen LogP) is 6.63. The number of aromatic nitrogens is 2. The quantitative estimate of drug-likeness (QED) is 0.402. The van der Waals surface area contributed by atoms with E-state index in [1.165, 1.54) is 0 Å². The van der Waals surface area contributed by atoms with Crippen LogP contribution in [-0.4, -0.2) is 22.4 Å². The molecule has 0 amide bonds. The molecule has 2 aromatic carbocycles. The molecule has 1 aliphatic rings. The van der Waals surface area contributed by atoms with Gasteiger partial charge in [0.05, 0.1) is 30.5 Å². The molecule has 0 saturated heterocycles. The van der Waals surface area contributed by atoms with Crippen molar-refractivity contribution in [1.29, 1.82) is 0 Å². The van der Waals surface area contributed by atoms with Gasteiger partial charge in [0.1, 0.15) is 11.6 Å². The summed E-state index contributed by atoms with van der Waals surface area (Å²) >= 11 is 12.7. The lowest BCUT2D eigenvalue weighted by Crippen LogP contribution is -2.22. The number of hydrogen-bond acceptors (Lipinski definition) is 5. The third-order valence-corrected chi connectivity index (χ3v) is 6.41. The first-order valence-electron chi connectivity index (χ1n) is 11.0. The molecule has 0 radical (unpaired) electrons. The molecule has 1 heterocycles. The molecular weight excluding hydrogens is 469 g/mol. The summed E-state index contributed by atoms with van der Waals surface area (Å²) in [5, 5.41) is 4.51. The van der Waals surface area contributed by atoms with Crippen molar-refractivity contribution in [3.63, 3.8) is 0 Å². The Balaban J connectivity index is 1.62. The number of aliphatic imine (C=N–C) groups is 1. The number of nitrogens with two attached hydrogens (primary N) is 1. The third-order valence-electron chi connectivity index (χ3n) is 5.85. The molecule has 1 aliphatic carbocycles. The summed E-state index contributed by atoms with van der Waals surface area (Å²) in [5.74, 6) is 1.21. The monoisotopic (exact) mass is 495 g/mol. The van der Waals surface area contributed by atoms with Crippen LogP contribution in [0.15, 0.2) is 78.1 Å². The second-order valence-corrected chi connectivity index (χ2v) is 9.02. The normalized spacial score (nSPS) is 18.3. The van der Waals surface area contributed by atoms with Crippen molar-refractivity contribution in [3.05, 3.63) is 94.4 Å². The van der Waals surface area contributed by atoms with E-state index < -0.39 is 0 Å². The van der Waals surface area contributed by atoms with Gasteiger partial charge in [-0.15, -0.1) is 0 Å². The Morgan fingerprint density at radius 2 is 2.12 bits per heavy atom. The first-order valence-corrected chi connectivity index (χ1v) is 11.7. The molecule has 1 saturated carbocycles. The molecule has 0 aliphatic heterocycles. The Hall–Kier alpha value is -3.22. The van der Waals surface area contributed by atoms with Gasteiger partial charge in [0, 0.05) is 33.9 Å². The number of rotatable bonds is 6. The van der Waals surface area contributed by atoms with E-state index in [0.717, 1.165) is 53.2 Å². The lowest BCUT2D eigenvalue weighted by Gasteiger charge is -2.28. The molecule has 34 heavy (non-hydrogen) atoms. The minimum atomic E-state index is 0.00765. The number of nitrogens with zero attached hydrogens (tertiary/aromatic N) is 3. The number of halogens is 2. The van der Waals surface area contributed by atoms with Crippen LogP contribution in [0.5, 0.6) is 5.75 Å². The Labute approximate surface area is 209 Å². The van der Waals surface area contributed by atoms with Crippen molar-refractivity contribution >= 4 is 34.6 Å². The van der Waals surface area contributed by atoms with Crippen LogP contribution in [0.3, 0.4) is 0 Å². The number of ether oxygens (including phenoxy) is 1. The maximum absolute atomic E-state index is 6.54. The number of benzene rings is 2. The minimum absolute atomic E-state index is 0.00765. The highest BCUT2D eigenvalue weighted by Crippen LogP contribution is 2.38. The fourth-order valence-corrected chi connectivity index (χ4v) is 4.79. The van der Waals surface area contributed by atoms with E-state index in [4.69, 9.17) is 38.7 Å². The number of hydrogen-bond donors (Lipinski definition) is 2. The van der Waals surface area contributed by atoms with Gasteiger partial charge in [0.15, 0.2) is 0 Å². The lowest BCUT2D eigenvalue weighted by molar-refractivity contribution is 0.413. The van der Waals surface area contributed by atoms with Crippen molar-refractivity contribution in [2.24, 2.45) is 10.7 Å². The van der Waals surface area contributed by atoms with Crippen LogP contribution in [0.4, 0.5) is 5.69 Å². The summed E-state index contributed by atoms with van der Waals surface area (Å²) in [6, 6.07) is 11.4. The van der Waals surface area contributed by atoms with Gasteiger partial charge in [0.2, 0.25) is 0 Å². The number of anilines is 1. The van der Waals surface area contributed by atoms with Crippen molar-refractivity contribution in [1.82, 2.24) is 9.55 Å². The van der Waals surface area contributed by atoms with Crippen LogP contribution in [0.1, 0.15) is 36.4 Å². The fraction of sp³-hybridized carbons (Fsp3) is 0.231. The van der Waals surface area contributed by atoms with Gasteiger partial charge in [-0.3, -0.25) is 0 Å². The number of nitrogens with one attached hydrogen (secondary N) is 1. The van der Waals surface area contributed by atoms with Gasteiger partial charge in [0.25, 0.3) is 0 Å². The Kier molecular flexibility index (Phi) is 7.29. The third kappa shape index (κ3) is 5.13. The molecule has 1 aromatic heterocycles. The summed E-state index contributed by atoms with van der Waals surface area (Å²) in [6.45, 7) is 6.09. The molecule has 8 heteroatoms. The number of methoxy groups -OCH3 is 1. The van der Waals surface area contributed by atoms with E-state index in [-0.39, 0.29) is 5.92 Å². The van der Waals surface area contributed by atoms with Crippen LogP contribution in [-0.2, 0) is 0 Å². The van der Waals surface area contributed by atoms with Crippen LogP contribution in [0.2, 0.25) is 10.0 Å². The van der Waals surface area contributed by atoms with E-state index in [1.807, 2.05) is 48.0 Å². The van der Waals surface area contributed by atoms with Gasteiger partial charge in [-0.25, -0.2) is 9.98 Å². The Morgan fingerprint density at radius 3 is 2.79 bits per heavy atom. The Bertz CT molecular complexity index is 1280. The van der Waals surface area contributed by atoms with E-state index >= 15 is 0 Å². The average molecular weight is 496 g/mol. The molecular formula is C26H27Cl2N5O. The van der Waals surface area contributed by atoms with Crippen LogP contribution < -0.4 is 15.8 Å². The Morgan fingerprint density at radius 1 is 1.29 bits per heavy atom. The second-order valence-electron chi connectivity index (χ2n) is 8.18. The largest absolute Gasteiger partial charge is 0.494 e. The van der Waals surface area contributed by atoms with Crippen LogP contribution in [0, 0.1) is 6.92 Å². The maximum atomic E-state index is 6.54. The SMILES string of the molecule is C=C(/N=C1\C(=C/N)CCCC1c1ccc(Cl)cc1Cl)Nc1ccc(-n2cnc(C)c2)c(OC)c1. The first-order chi connectivity index (χ1) is 16.4. The fourth-order valence-electron chi connectivity index (χ4n) is 4.25. The van der Waals surface area contributed by atoms with Gasteiger partial charge in [-0.05, 0) is 67.8 Å². The van der Waals surface area contributed by atoms with E-state index in [1.54, 1.807) is 25.7 Å². The van der Waals surface area contributed by atoms with Crippen LogP contribution in [0.25, 0.3) is 5.69 Å². The van der Waals surface area contributed by atoms with E-state index in [0.29, 0.717) is 21.6 Å². The number of aryl methyl sites for hydroxylation is 1. The standard InChI is InChI=1S/C26H27Cl2N5O/c1-16-14-33(15-30-16)24-10-8-20(12-25(24)34-3)31-17(2)32-26-18(13-29)5-4-6-22(26)21-9-7-19(27)11-23(21)28/h7-15,22,31H,2,4-6,29H2,1,3H3/b18-13-,32-26+. The van der Waals surface area contributed by atoms with Crippen molar-refractivity contribution in [2.75, 3.05) is 12.4 Å². The molecule has 176 valence electrons. The van der Waals surface area contributed by atoms with E-state index in [2.05, 4.69) is 16.9 Å². The smallest absolute Gasteiger partial charge is 0.144 e. The van der Waals surface area contributed by atoms with E-state index in [9.17, 15) is 0 Å². The molecule has 0 bridgehead atoms. The summed E-state index contributed by atoms with van der Waals surface area (Å²) in [5.41, 5.74) is 11.4. The zero-order valence-corrected chi connectivity index (χ0v) is 20.7. The van der Waals surface area contributed by atoms with Gasteiger partial charge < -0.3 is 20.4 Å². The number of allylic oxidation sites excluding steroid dienone is 1. The molecule has 1 atom stereocenters. The first kappa shape index (κ1) is 23.9. The predicted molar refractivity (Wildman–Crippen MR) is 140 cm³/mol. The molecule has 3 aromatic rings. The van der Waals surface area contributed by atoms with Crippen molar-refractivity contribution in [2.45, 2.75) is 32.1 Å². The van der Waals surface area contributed by atoms with Gasteiger partial charge >= 0.3 is 0 Å². The molecule has 1 unspecified atom stereocenters. The minimum Gasteiger partial charge on any atom is -0.494 e. The summed E-state index contributed by atoms with van der Waals surface area (Å²) < 4.78 is 7.53. The molecule has 0 spiro atoms. The molecule has 1 fully saturated rings. The van der Waals surface area contributed by atoms with Crippen LogP contribution >= 0.6 is 23.2 Å². The molecule has 4 rings (SSSR count). The maximum Gasteiger partial charge on any atom is 0.144 e. The highest BCUT2D eigenvalue weighted by atomic mass is 35.5. The van der Waals surface area contributed by atoms with Crippen molar-refractivity contribution < 1.29 is 4.74 Å². The second kappa shape index (κ2) is 10.4. The zero-order chi connectivity index (χ0) is 24.2. The van der Waals surface area contributed by atoms with Gasteiger partial charge in [-0.2, -0.15) is 0 Å². The highest BCUT2D eigenvalue weighted by molar-refractivity contribution is 6.35. The summed E-state index contributed by atoms with van der Waals surface area (Å²) in [7, 11) is 1.64.